The van der Waals surface area contributed by atoms with E-state index in [4.69, 9.17) is 4.74 Å². The molecule has 2 aromatic rings. The van der Waals surface area contributed by atoms with Gasteiger partial charge in [0.2, 0.25) is 11.8 Å². The fourth-order valence-electron chi connectivity index (χ4n) is 4.32. The van der Waals surface area contributed by atoms with Crippen LogP contribution in [0.15, 0.2) is 42.5 Å². The number of carbonyl (C=O) groups is 2. The molecule has 2 N–H and O–H groups in total. The van der Waals surface area contributed by atoms with Crippen molar-refractivity contribution in [3.05, 3.63) is 59.2 Å². The van der Waals surface area contributed by atoms with Crippen LogP contribution in [-0.4, -0.2) is 17.4 Å². The van der Waals surface area contributed by atoms with Crippen LogP contribution in [0.4, 0.5) is 24.5 Å². The lowest BCUT2D eigenvalue weighted by molar-refractivity contribution is -0.137. The first-order valence-electron chi connectivity index (χ1n) is 11.0. The first-order valence-corrected chi connectivity index (χ1v) is 11.0. The zero-order chi connectivity index (χ0) is 23.8. The van der Waals surface area contributed by atoms with Gasteiger partial charge in [-0.2, -0.15) is 13.2 Å². The minimum Gasteiger partial charge on any atom is -0.486 e. The fourth-order valence-corrected chi connectivity index (χ4v) is 4.32. The molecular formula is C25H25F3N2O3. The third-order valence-electron chi connectivity index (χ3n) is 6.36. The Morgan fingerprint density at radius 2 is 1.91 bits per heavy atom. The third kappa shape index (κ3) is 4.74. The number of aryl methyl sites for hydroxylation is 1. The molecule has 4 rings (SSSR count). The number of ether oxygens (including phenoxy) is 1. The second kappa shape index (κ2) is 8.57. The van der Waals surface area contributed by atoms with E-state index in [-0.39, 0.29) is 11.7 Å². The van der Waals surface area contributed by atoms with Crippen LogP contribution in [0.3, 0.4) is 0 Å². The Morgan fingerprint density at radius 3 is 2.61 bits per heavy atom. The van der Waals surface area contributed by atoms with E-state index >= 15 is 0 Å². The molecule has 174 valence electrons. The maximum atomic E-state index is 13.2. The number of carbonyl (C=O) groups excluding carboxylic acids is 2. The summed E-state index contributed by atoms with van der Waals surface area (Å²) < 4.78 is 45.8. The first-order chi connectivity index (χ1) is 15.6. The van der Waals surface area contributed by atoms with Gasteiger partial charge in [0.1, 0.15) is 11.4 Å². The van der Waals surface area contributed by atoms with Crippen molar-refractivity contribution in [2.75, 3.05) is 10.6 Å². The molecule has 0 unspecified atom stereocenters. The number of amides is 2. The Balaban J connectivity index is 1.64. The molecule has 2 aliphatic rings. The van der Waals surface area contributed by atoms with E-state index in [2.05, 4.69) is 10.6 Å². The molecule has 2 heterocycles. The van der Waals surface area contributed by atoms with E-state index in [1.165, 1.54) is 12.1 Å². The molecule has 0 aliphatic carbocycles. The average Bonchev–Trinajstić information content (AvgIpc) is 2.77. The van der Waals surface area contributed by atoms with Crippen molar-refractivity contribution in [2.45, 2.75) is 57.7 Å². The number of fused-ring (bicyclic) bond motifs is 2. The van der Waals surface area contributed by atoms with Gasteiger partial charge in [-0.1, -0.05) is 26.0 Å². The molecular weight excluding hydrogens is 433 g/mol. The van der Waals surface area contributed by atoms with E-state index in [1.807, 2.05) is 19.9 Å². The van der Waals surface area contributed by atoms with Gasteiger partial charge in [-0.05, 0) is 54.7 Å². The van der Waals surface area contributed by atoms with Crippen molar-refractivity contribution in [1.82, 2.24) is 0 Å². The normalized spacial score (nSPS) is 18.1. The van der Waals surface area contributed by atoms with Gasteiger partial charge in [-0.15, -0.1) is 0 Å². The number of hydrogen-bond donors (Lipinski definition) is 2. The lowest BCUT2D eigenvalue weighted by Gasteiger charge is -2.39. The maximum absolute atomic E-state index is 13.2. The topological polar surface area (TPSA) is 67.4 Å². The number of rotatable bonds is 4. The van der Waals surface area contributed by atoms with Crippen LogP contribution in [0.5, 0.6) is 5.75 Å². The second-order valence-electron chi connectivity index (χ2n) is 8.46. The Morgan fingerprint density at radius 1 is 1.15 bits per heavy atom. The minimum atomic E-state index is -4.49. The highest BCUT2D eigenvalue weighted by Crippen LogP contribution is 2.45. The molecule has 0 aromatic heterocycles. The molecule has 8 heteroatoms. The van der Waals surface area contributed by atoms with Crippen LogP contribution < -0.4 is 15.4 Å². The van der Waals surface area contributed by atoms with Crippen LogP contribution >= 0.6 is 0 Å². The Hall–Kier alpha value is -3.29. The van der Waals surface area contributed by atoms with Crippen LogP contribution in [-0.2, 0) is 22.2 Å². The summed E-state index contributed by atoms with van der Waals surface area (Å²) >= 11 is 0. The molecule has 0 atom stereocenters. The second-order valence-corrected chi connectivity index (χ2v) is 8.46. The largest absolute Gasteiger partial charge is 0.486 e. The van der Waals surface area contributed by atoms with Crippen molar-refractivity contribution >= 4 is 28.8 Å². The van der Waals surface area contributed by atoms with Gasteiger partial charge in [-0.3, -0.25) is 9.59 Å². The molecule has 2 aromatic carbocycles. The van der Waals surface area contributed by atoms with Crippen molar-refractivity contribution in [3.8, 4) is 5.75 Å². The predicted octanol–water partition coefficient (Wildman–Crippen LogP) is 5.95. The SMILES string of the molecule is CCC1(CC)CC(=CC(=O)Nc2ccc3c(c2)NC(=O)CC3)c2ccc(C(F)(F)F)cc2O1. The highest BCUT2D eigenvalue weighted by Gasteiger charge is 2.38. The van der Waals surface area contributed by atoms with Gasteiger partial charge >= 0.3 is 6.18 Å². The summed E-state index contributed by atoms with van der Waals surface area (Å²) in [6, 6.07) is 8.71. The Kier molecular flexibility index (Phi) is 5.95. The van der Waals surface area contributed by atoms with Crippen molar-refractivity contribution in [1.29, 1.82) is 0 Å². The molecule has 0 fully saturated rings. The fraction of sp³-hybridized carbons (Fsp3) is 0.360. The Labute approximate surface area is 190 Å². The van der Waals surface area contributed by atoms with Gasteiger partial charge in [-0.25, -0.2) is 0 Å². The number of anilines is 2. The number of hydrogen-bond acceptors (Lipinski definition) is 3. The smallest absolute Gasteiger partial charge is 0.416 e. The van der Waals surface area contributed by atoms with Gasteiger partial charge in [0.05, 0.1) is 5.56 Å². The van der Waals surface area contributed by atoms with Crippen molar-refractivity contribution < 1.29 is 27.5 Å². The molecule has 2 aliphatic heterocycles. The van der Waals surface area contributed by atoms with E-state index in [0.717, 1.165) is 17.7 Å². The summed E-state index contributed by atoms with van der Waals surface area (Å²) in [6.45, 7) is 3.84. The van der Waals surface area contributed by atoms with E-state index in [9.17, 15) is 22.8 Å². The quantitative estimate of drug-likeness (QED) is 0.556. The number of benzene rings is 2. The first kappa shape index (κ1) is 22.9. The zero-order valence-corrected chi connectivity index (χ0v) is 18.4. The summed E-state index contributed by atoms with van der Waals surface area (Å²) in [6.07, 6.45) is -0.407. The maximum Gasteiger partial charge on any atom is 0.416 e. The van der Waals surface area contributed by atoms with Crippen LogP contribution in [0, 0.1) is 0 Å². The Bertz CT molecular complexity index is 1130. The molecule has 0 bridgehead atoms. The average molecular weight is 458 g/mol. The molecule has 33 heavy (non-hydrogen) atoms. The lowest BCUT2D eigenvalue weighted by Crippen LogP contribution is -2.38. The van der Waals surface area contributed by atoms with Crippen LogP contribution in [0.1, 0.15) is 56.2 Å². The van der Waals surface area contributed by atoms with Gasteiger partial charge in [0.15, 0.2) is 0 Å². The van der Waals surface area contributed by atoms with Gasteiger partial charge in [0.25, 0.3) is 0 Å². The van der Waals surface area contributed by atoms with E-state index in [0.29, 0.717) is 54.6 Å². The summed E-state index contributed by atoms with van der Waals surface area (Å²) in [4.78, 5) is 24.5. The molecule has 0 saturated carbocycles. The van der Waals surface area contributed by atoms with Crippen molar-refractivity contribution in [2.24, 2.45) is 0 Å². The molecule has 0 spiro atoms. The van der Waals surface area contributed by atoms with Gasteiger partial charge < -0.3 is 15.4 Å². The molecule has 2 amide bonds. The zero-order valence-electron chi connectivity index (χ0n) is 18.4. The highest BCUT2D eigenvalue weighted by molar-refractivity contribution is 6.05. The van der Waals surface area contributed by atoms with Crippen molar-refractivity contribution in [3.63, 3.8) is 0 Å². The predicted molar refractivity (Wildman–Crippen MR) is 120 cm³/mol. The monoisotopic (exact) mass is 458 g/mol. The van der Waals surface area contributed by atoms with Crippen LogP contribution in [0.2, 0.25) is 0 Å². The molecule has 5 nitrogen and oxygen atoms in total. The highest BCUT2D eigenvalue weighted by atomic mass is 19.4. The molecule has 0 radical (unpaired) electrons. The lowest BCUT2D eigenvalue weighted by atomic mass is 9.83. The summed E-state index contributed by atoms with van der Waals surface area (Å²) in [5, 5.41) is 5.59. The standard InChI is InChI=1S/C25H25F3N2O3/c1-3-24(4-2)14-16(19-9-7-17(25(26,27)28)12-21(19)33-24)11-23(32)29-18-8-5-15-6-10-22(31)30-20(15)13-18/h5,7-9,11-13H,3-4,6,10,14H2,1-2H3,(H,29,32)(H,30,31). The minimum absolute atomic E-state index is 0.0689. The number of nitrogens with one attached hydrogen (secondary N) is 2. The molecule has 0 saturated heterocycles. The summed E-state index contributed by atoms with van der Waals surface area (Å²) in [5.41, 5.74) is 1.83. The van der Waals surface area contributed by atoms with Crippen LogP contribution in [0.25, 0.3) is 5.57 Å². The summed E-state index contributed by atoms with van der Waals surface area (Å²) in [5.74, 6) is -0.336. The van der Waals surface area contributed by atoms with Gasteiger partial charge in [0, 0.05) is 35.9 Å². The summed E-state index contributed by atoms with van der Waals surface area (Å²) in [7, 11) is 0. The number of alkyl halides is 3. The number of halogens is 3. The van der Waals surface area contributed by atoms with E-state index in [1.54, 1.807) is 12.1 Å². The van der Waals surface area contributed by atoms with E-state index < -0.39 is 23.2 Å². The third-order valence-corrected chi connectivity index (χ3v) is 6.36.